The fourth-order valence-corrected chi connectivity index (χ4v) is 5.29. The molecule has 2 heterocycles. The van der Waals surface area contributed by atoms with Crippen molar-refractivity contribution in [2.75, 3.05) is 12.1 Å². The topological polar surface area (TPSA) is 156 Å². The first-order chi connectivity index (χ1) is 16.9. The number of nitrogens with one attached hydrogen (secondary N) is 2. The fourth-order valence-electron chi connectivity index (χ4n) is 3.42. The zero-order valence-corrected chi connectivity index (χ0v) is 23.1. The average molecular weight is 526 g/mol. The summed E-state index contributed by atoms with van der Waals surface area (Å²) in [6, 6.07) is -0.304. The summed E-state index contributed by atoms with van der Waals surface area (Å²) in [6.07, 6.45) is 3.37. The summed E-state index contributed by atoms with van der Waals surface area (Å²) in [5.41, 5.74) is 7.07. The van der Waals surface area contributed by atoms with Crippen LogP contribution in [0.25, 0.3) is 11.2 Å². The van der Waals surface area contributed by atoms with E-state index in [4.69, 9.17) is 19.9 Å². The number of esters is 2. The Kier molecular flexibility index (Phi) is 11.9. The fraction of sp³-hybridized carbons (Fsp3) is 0.696. The van der Waals surface area contributed by atoms with Crippen LogP contribution in [0.5, 0.6) is 0 Å². The first kappa shape index (κ1) is 29.8. The van der Waals surface area contributed by atoms with Gasteiger partial charge in [0.25, 0.3) is 0 Å². The first-order valence-electron chi connectivity index (χ1n) is 12.2. The van der Waals surface area contributed by atoms with Gasteiger partial charge in [-0.2, -0.15) is 0 Å². The van der Waals surface area contributed by atoms with E-state index in [2.05, 4.69) is 25.1 Å². The van der Waals surface area contributed by atoms with Gasteiger partial charge in [0, 0.05) is 12.1 Å². The third-order valence-corrected chi connectivity index (χ3v) is 6.72. The van der Waals surface area contributed by atoms with Crippen LogP contribution in [-0.4, -0.2) is 68.2 Å². The van der Waals surface area contributed by atoms with Gasteiger partial charge in [-0.25, -0.2) is 15.0 Å². The van der Waals surface area contributed by atoms with Crippen LogP contribution in [0, 0.1) is 0 Å². The summed E-state index contributed by atoms with van der Waals surface area (Å²) in [7, 11) is -1.09. The van der Waals surface area contributed by atoms with E-state index >= 15 is 0 Å². The number of hydrogen-bond acceptors (Lipinski definition) is 11. The molecule has 202 valence electrons. The van der Waals surface area contributed by atoms with Crippen LogP contribution in [0.2, 0.25) is 0 Å². The Morgan fingerprint density at radius 2 is 1.50 bits per heavy atom. The van der Waals surface area contributed by atoms with E-state index in [0.717, 1.165) is 0 Å². The van der Waals surface area contributed by atoms with Crippen LogP contribution in [0.4, 0.5) is 5.82 Å². The highest BCUT2D eigenvalue weighted by atomic mass is 31.1. The van der Waals surface area contributed by atoms with Gasteiger partial charge in [-0.3, -0.25) is 19.8 Å². The van der Waals surface area contributed by atoms with Crippen LogP contribution < -0.4 is 15.9 Å². The van der Waals surface area contributed by atoms with E-state index in [-0.39, 0.29) is 55.2 Å². The van der Waals surface area contributed by atoms with Gasteiger partial charge in [0.15, 0.2) is 11.5 Å². The molecular weight excluding hydrogens is 485 g/mol. The van der Waals surface area contributed by atoms with Gasteiger partial charge in [-0.05, 0) is 48.5 Å². The van der Waals surface area contributed by atoms with Crippen molar-refractivity contribution in [3.05, 3.63) is 12.7 Å². The summed E-state index contributed by atoms with van der Waals surface area (Å²) in [5.74, 6) is -0.203. The van der Waals surface area contributed by atoms with Crippen LogP contribution in [0.1, 0.15) is 61.3 Å². The quantitative estimate of drug-likeness (QED) is 0.232. The summed E-state index contributed by atoms with van der Waals surface area (Å²) in [6.45, 7) is 13.6. The molecule has 0 amide bonds. The predicted molar refractivity (Wildman–Crippen MR) is 139 cm³/mol. The second-order valence-corrected chi connectivity index (χ2v) is 11.0. The first-order valence-corrected chi connectivity index (χ1v) is 13.7. The van der Waals surface area contributed by atoms with Gasteiger partial charge in [-0.1, -0.05) is 0 Å². The number of fused-ring (bicyclic) bond motifs is 1. The second kappa shape index (κ2) is 14.4. The smallest absolute Gasteiger partial charge is 0.307 e. The molecule has 2 aromatic rings. The molecule has 0 spiro atoms. The number of aromatic nitrogens is 4. The normalized spacial score (nSPS) is 14.4. The van der Waals surface area contributed by atoms with Crippen molar-refractivity contribution in [2.45, 2.75) is 98.2 Å². The van der Waals surface area contributed by atoms with Crippen molar-refractivity contribution in [2.24, 2.45) is 0 Å². The highest BCUT2D eigenvalue weighted by Crippen LogP contribution is 2.29. The maximum atomic E-state index is 12.1. The Hall–Kier alpha value is -2.40. The van der Waals surface area contributed by atoms with E-state index < -0.39 is 8.22 Å². The lowest BCUT2D eigenvalue weighted by molar-refractivity contribution is -0.148. The Bertz CT molecular complexity index is 955. The molecule has 3 atom stereocenters. The lowest BCUT2D eigenvalue weighted by atomic mass is 10.2. The molecule has 36 heavy (non-hydrogen) atoms. The number of anilines is 1. The van der Waals surface area contributed by atoms with Gasteiger partial charge in [0.1, 0.15) is 11.8 Å². The zero-order chi connectivity index (χ0) is 26.8. The van der Waals surface area contributed by atoms with E-state index in [9.17, 15) is 9.59 Å². The van der Waals surface area contributed by atoms with Gasteiger partial charge in [-0.15, -0.1) is 0 Å². The molecule has 13 heteroatoms. The third kappa shape index (κ3) is 10.3. The molecule has 0 saturated carbocycles. The Morgan fingerprint density at radius 1 is 0.944 bits per heavy atom. The number of nitrogen functional groups attached to an aromatic ring is 1. The van der Waals surface area contributed by atoms with Crippen LogP contribution in [-0.2, 0) is 30.3 Å². The summed E-state index contributed by atoms with van der Waals surface area (Å²) in [4.78, 5) is 36.7. The van der Waals surface area contributed by atoms with Crippen LogP contribution in [0.15, 0.2) is 12.7 Å². The lowest BCUT2D eigenvalue weighted by Crippen LogP contribution is -2.36. The Balaban J connectivity index is 1.98. The molecule has 2 aromatic heterocycles. The van der Waals surface area contributed by atoms with Crippen molar-refractivity contribution in [1.29, 1.82) is 0 Å². The Morgan fingerprint density at radius 3 is 2.03 bits per heavy atom. The third-order valence-electron chi connectivity index (χ3n) is 4.80. The lowest BCUT2D eigenvalue weighted by Gasteiger charge is -2.28. The number of imidazole rings is 1. The molecule has 0 fully saturated rings. The minimum Gasteiger partial charge on any atom is -0.463 e. The molecule has 0 aliphatic heterocycles. The highest BCUT2D eigenvalue weighted by molar-refractivity contribution is 7.53. The highest BCUT2D eigenvalue weighted by Gasteiger charge is 2.21. The summed E-state index contributed by atoms with van der Waals surface area (Å²) >= 11 is 0. The average Bonchev–Trinajstić information content (AvgIpc) is 3.14. The molecule has 0 radical (unpaired) electrons. The van der Waals surface area contributed by atoms with E-state index in [0.29, 0.717) is 29.9 Å². The monoisotopic (exact) mass is 525 g/mol. The van der Waals surface area contributed by atoms with Crippen molar-refractivity contribution in [3.63, 3.8) is 0 Å². The molecule has 12 nitrogen and oxygen atoms in total. The van der Waals surface area contributed by atoms with Crippen molar-refractivity contribution in [3.8, 4) is 0 Å². The molecular formula is C23H40N7O5P. The zero-order valence-electron chi connectivity index (χ0n) is 22.2. The van der Waals surface area contributed by atoms with Gasteiger partial charge in [0.2, 0.25) is 0 Å². The summed E-state index contributed by atoms with van der Waals surface area (Å²) in [5, 5.41) is 6.87. The minimum absolute atomic E-state index is 0.152. The van der Waals surface area contributed by atoms with Crippen molar-refractivity contribution >= 4 is 37.1 Å². The number of nitrogens with zero attached hydrogens (tertiary/aromatic N) is 4. The molecule has 0 unspecified atom stereocenters. The number of carbonyl (C=O) groups is 2. The predicted octanol–water partition coefficient (Wildman–Crippen LogP) is 2.72. The second-order valence-electron chi connectivity index (χ2n) is 9.41. The molecule has 0 bridgehead atoms. The van der Waals surface area contributed by atoms with E-state index in [1.54, 1.807) is 6.33 Å². The minimum atomic E-state index is -1.09. The molecule has 0 aromatic carbocycles. The number of ether oxygens (including phenoxy) is 3. The van der Waals surface area contributed by atoms with Crippen molar-refractivity contribution in [1.82, 2.24) is 29.7 Å². The summed E-state index contributed by atoms with van der Waals surface area (Å²) < 4.78 is 18.5. The standard InChI is InChI=1S/C23H40N7O5P/c1-14(2)34-19(31)8-16(5)28-36(29-17(6)9-20(32)35-15(3)4)13-33-18(7)10-30-12-27-21-22(24)25-11-26-23(21)30/h11-12,14-18,28-29H,8-10,13H2,1-7H3,(H2,24,25,26)/t16-,17-,18-/m1/s1. The van der Waals surface area contributed by atoms with Gasteiger partial charge >= 0.3 is 11.9 Å². The Labute approximate surface area is 213 Å². The van der Waals surface area contributed by atoms with E-state index in [1.165, 1.54) is 6.33 Å². The number of carbonyl (C=O) groups excluding carboxylic acids is 2. The molecule has 0 aliphatic carbocycles. The SMILES string of the molecule is CC(C)OC(=O)C[C@@H](C)NP(CO[C@H](C)Cn1cnc2c(N)ncnc21)N[C@H](C)CC(=O)OC(C)C. The van der Waals surface area contributed by atoms with Gasteiger partial charge in [0.05, 0.1) is 58.6 Å². The van der Waals surface area contributed by atoms with Crippen molar-refractivity contribution < 1.29 is 23.8 Å². The van der Waals surface area contributed by atoms with Crippen LogP contribution in [0.3, 0.4) is 0 Å². The maximum absolute atomic E-state index is 12.1. The largest absolute Gasteiger partial charge is 0.463 e. The van der Waals surface area contributed by atoms with Gasteiger partial charge < -0.3 is 24.5 Å². The number of hydrogen-bond donors (Lipinski definition) is 3. The van der Waals surface area contributed by atoms with E-state index in [1.807, 2.05) is 53.0 Å². The molecule has 4 N–H and O–H groups in total. The number of nitrogens with two attached hydrogens (primary N) is 1. The molecule has 0 aliphatic rings. The molecule has 2 rings (SSSR count). The number of rotatable bonds is 15. The molecule has 0 saturated heterocycles. The van der Waals surface area contributed by atoms with Crippen LogP contribution >= 0.6 is 8.22 Å². The maximum Gasteiger partial charge on any atom is 0.307 e.